The third-order valence-corrected chi connectivity index (χ3v) is 1.48. The molecule has 0 radical (unpaired) electrons. The van der Waals surface area contributed by atoms with Crippen molar-refractivity contribution < 1.29 is 0 Å². The normalized spacial score (nSPS) is 10.7. The van der Waals surface area contributed by atoms with Crippen LogP contribution in [0.25, 0.3) is 10.5 Å². The van der Waals surface area contributed by atoms with Crippen LogP contribution in [0, 0.1) is 6.57 Å². The highest BCUT2D eigenvalue weighted by Gasteiger charge is 1.99. The summed E-state index contributed by atoms with van der Waals surface area (Å²) >= 11 is 0. The van der Waals surface area contributed by atoms with Crippen molar-refractivity contribution >= 4 is 5.70 Å². The molecule has 0 unspecified atom stereocenters. The van der Waals surface area contributed by atoms with Crippen LogP contribution in [0.1, 0.15) is 5.56 Å². The second kappa shape index (κ2) is 4.27. The molecule has 1 aromatic heterocycles. The summed E-state index contributed by atoms with van der Waals surface area (Å²) in [5.41, 5.74) is 1.53. The molecule has 0 N–H and O–H groups in total. The van der Waals surface area contributed by atoms with E-state index in [9.17, 15) is 0 Å². The van der Waals surface area contributed by atoms with Gasteiger partial charge in [0.05, 0.1) is 6.57 Å². The third kappa shape index (κ3) is 2.60. The van der Waals surface area contributed by atoms with Crippen LogP contribution in [-0.2, 0) is 0 Å². The van der Waals surface area contributed by atoms with Gasteiger partial charge in [-0.1, -0.05) is 0 Å². The molecule has 0 aromatic carbocycles. The largest absolute Gasteiger partial charge is 0.393 e. The lowest BCUT2D eigenvalue weighted by atomic mass is 10.2. The second-order valence-corrected chi connectivity index (χ2v) is 2.83. The Labute approximate surface area is 78.1 Å². The smallest absolute Gasteiger partial charge is 0.209 e. The van der Waals surface area contributed by atoms with Crippen LogP contribution in [0.3, 0.4) is 0 Å². The van der Waals surface area contributed by atoms with Crippen molar-refractivity contribution in [1.29, 1.82) is 0 Å². The number of nitrogens with zero attached hydrogens (tertiary/aromatic N) is 3. The van der Waals surface area contributed by atoms with E-state index in [0.717, 1.165) is 5.56 Å². The van der Waals surface area contributed by atoms with E-state index >= 15 is 0 Å². The Hall–Kier alpha value is -1.82. The minimum absolute atomic E-state index is 0.632. The van der Waals surface area contributed by atoms with E-state index < -0.39 is 0 Å². The van der Waals surface area contributed by atoms with E-state index in [1.54, 1.807) is 18.6 Å². The number of aromatic nitrogens is 1. The zero-order valence-electron chi connectivity index (χ0n) is 7.73. The van der Waals surface area contributed by atoms with Gasteiger partial charge in [-0.3, -0.25) is 4.98 Å². The molecule has 0 saturated heterocycles. The van der Waals surface area contributed by atoms with E-state index in [0.29, 0.717) is 5.70 Å². The molecule has 0 saturated carbocycles. The maximum atomic E-state index is 7.00. The molecule has 1 aromatic rings. The standard InChI is InChI=1S/C10H11N3/c1-11-10(8-13(2)3)9-4-6-12-7-5-9/h4-8H,2-3H3. The van der Waals surface area contributed by atoms with Crippen LogP contribution in [0.5, 0.6) is 0 Å². The maximum Gasteiger partial charge on any atom is 0.209 e. The molecule has 1 rings (SSSR count). The zero-order valence-corrected chi connectivity index (χ0v) is 7.73. The van der Waals surface area contributed by atoms with Crippen LogP contribution in [0.2, 0.25) is 0 Å². The summed E-state index contributed by atoms with van der Waals surface area (Å²) in [5.74, 6) is 0. The van der Waals surface area contributed by atoms with E-state index in [2.05, 4.69) is 9.83 Å². The summed E-state index contributed by atoms with van der Waals surface area (Å²) in [6.45, 7) is 7.00. The summed E-state index contributed by atoms with van der Waals surface area (Å²) in [6, 6.07) is 3.65. The van der Waals surface area contributed by atoms with Gasteiger partial charge in [0.15, 0.2) is 0 Å². The number of hydrogen-bond acceptors (Lipinski definition) is 2. The van der Waals surface area contributed by atoms with Crippen molar-refractivity contribution in [2.75, 3.05) is 14.1 Å². The number of rotatable bonds is 2. The first-order valence-corrected chi connectivity index (χ1v) is 3.90. The molecule has 0 atom stereocenters. The molecule has 0 aliphatic heterocycles. The van der Waals surface area contributed by atoms with Gasteiger partial charge in [-0.15, -0.1) is 0 Å². The first-order chi connectivity index (χ1) is 6.24. The molecule has 0 fully saturated rings. The minimum Gasteiger partial charge on any atom is -0.393 e. The van der Waals surface area contributed by atoms with E-state index in [-0.39, 0.29) is 0 Å². The van der Waals surface area contributed by atoms with E-state index in [4.69, 9.17) is 6.57 Å². The molecule has 1 heterocycles. The van der Waals surface area contributed by atoms with Crippen LogP contribution >= 0.6 is 0 Å². The fourth-order valence-electron chi connectivity index (χ4n) is 0.935. The Bertz CT molecular complexity index is 333. The first-order valence-electron chi connectivity index (χ1n) is 3.90. The molecule has 3 heteroatoms. The molecule has 3 nitrogen and oxygen atoms in total. The fraction of sp³-hybridized carbons (Fsp3) is 0.200. The summed E-state index contributed by atoms with van der Waals surface area (Å²) in [7, 11) is 3.79. The van der Waals surface area contributed by atoms with Crippen molar-refractivity contribution in [2.45, 2.75) is 0 Å². The van der Waals surface area contributed by atoms with Gasteiger partial charge in [-0.05, 0) is 17.7 Å². The van der Waals surface area contributed by atoms with Crippen molar-refractivity contribution in [3.63, 3.8) is 0 Å². The first kappa shape index (κ1) is 9.27. The second-order valence-electron chi connectivity index (χ2n) is 2.83. The van der Waals surface area contributed by atoms with Crippen molar-refractivity contribution in [1.82, 2.24) is 9.88 Å². The maximum absolute atomic E-state index is 7.00. The Morgan fingerprint density at radius 2 is 2.08 bits per heavy atom. The van der Waals surface area contributed by atoms with Gasteiger partial charge < -0.3 is 4.90 Å². The highest BCUT2D eigenvalue weighted by molar-refractivity contribution is 5.69. The summed E-state index contributed by atoms with van der Waals surface area (Å²) in [4.78, 5) is 9.19. The van der Waals surface area contributed by atoms with Gasteiger partial charge >= 0.3 is 0 Å². The molecular formula is C10H11N3. The Balaban J connectivity index is 3.00. The van der Waals surface area contributed by atoms with Crippen LogP contribution < -0.4 is 0 Å². The molecule has 0 bridgehead atoms. The molecule has 13 heavy (non-hydrogen) atoms. The average molecular weight is 173 g/mol. The highest BCUT2D eigenvalue weighted by Crippen LogP contribution is 2.14. The topological polar surface area (TPSA) is 20.5 Å². The van der Waals surface area contributed by atoms with Gasteiger partial charge in [-0.25, -0.2) is 4.85 Å². The summed E-state index contributed by atoms with van der Waals surface area (Å²) in [6.07, 6.45) is 5.16. The molecule has 66 valence electrons. The van der Waals surface area contributed by atoms with E-state index in [1.165, 1.54) is 0 Å². The lowest BCUT2D eigenvalue weighted by Crippen LogP contribution is -2.01. The Morgan fingerprint density at radius 3 is 2.54 bits per heavy atom. The van der Waals surface area contributed by atoms with Gasteiger partial charge in [0.1, 0.15) is 0 Å². The SMILES string of the molecule is [C-]#[N+]C(=CN(C)C)c1ccncc1. The summed E-state index contributed by atoms with van der Waals surface area (Å²) < 4.78 is 0. The van der Waals surface area contributed by atoms with Gasteiger partial charge in [0, 0.05) is 32.7 Å². The van der Waals surface area contributed by atoms with Crippen molar-refractivity contribution in [2.24, 2.45) is 0 Å². The van der Waals surface area contributed by atoms with Gasteiger partial charge in [0.25, 0.3) is 0 Å². The van der Waals surface area contributed by atoms with E-state index in [1.807, 2.05) is 31.1 Å². The predicted octanol–water partition coefficient (Wildman–Crippen LogP) is 1.86. The molecule has 0 spiro atoms. The van der Waals surface area contributed by atoms with Crippen LogP contribution in [0.15, 0.2) is 30.7 Å². The van der Waals surface area contributed by atoms with Crippen molar-refractivity contribution in [3.8, 4) is 0 Å². The predicted molar refractivity (Wildman–Crippen MR) is 52.5 cm³/mol. The average Bonchev–Trinajstić information content (AvgIpc) is 2.15. The third-order valence-electron chi connectivity index (χ3n) is 1.48. The van der Waals surface area contributed by atoms with Crippen LogP contribution in [-0.4, -0.2) is 24.0 Å². The van der Waals surface area contributed by atoms with Crippen LogP contribution in [0.4, 0.5) is 0 Å². The minimum atomic E-state index is 0.632. The summed E-state index contributed by atoms with van der Waals surface area (Å²) in [5, 5.41) is 0. The zero-order chi connectivity index (χ0) is 9.68. The van der Waals surface area contributed by atoms with Gasteiger partial charge in [-0.2, -0.15) is 0 Å². The lowest BCUT2D eigenvalue weighted by molar-refractivity contribution is 0.566. The molecule has 0 aliphatic rings. The molecule has 0 aliphatic carbocycles. The monoisotopic (exact) mass is 173 g/mol. The number of hydrogen-bond donors (Lipinski definition) is 0. The quantitative estimate of drug-likeness (QED) is 0.636. The highest BCUT2D eigenvalue weighted by atomic mass is 15.0. The molecule has 0 amide bonds. The van der Waals surface area contributed by atoms with Crippen molar-refractivity contribution in [3.05, 3.63) is 47.7 Å². The Kier molecular flexibility index (Phi) is 3.04. The molecular weight excluding hydrogens is 162 g/mol. The number of pyridine rings is 1. The van der Waals surface area contributed by atoms with Gasteiger partial charge in [0.2, 0.25) is 5.70 Å². The fourth-order valence-corrected chi connectivity index (χ4v) is 0.935. The Morgan fingerprint density at radius 1 is 1.46 bits per heavy atom. The lowest BCUT2D eigenvalue weighted by Gasteiger charge is -2.06.